The first-order valence-corrected chi connectivity index (χ1v) is 20.9. The Morgan fingerprint density at radius 2 is 1.02 bits per heavy atom. The molecule has 0 saturated carbocycles. The van der Waals surface area contributed by atoms with Gasteiger partial charge in [0.1, 0.15) is 11.5 Å². The van der Waals surface area contributed by atoms with E-state index in [9.17, 15) is 0 Å². The van der Waals surface area contributed by atoms with E-state index in [0.717, 1.165) is 60.9 Å². The number of hydrogen-bond acceptors (Lipinski definition) is 4. The molecule has 2 aromatic heterocycles. The molecule has 0 radical (unpaired) electrons. The Labute approximate surface area is 344 Å². The van der Waals surface area contributed by atoms with Crippen molar-refractivity contribution in [3.63, 3.8) is 0 Å². The van der Waals surface area contributed by atoms with Gasteiger partial charge in [0, 0.05) is 32.3 Å². The number of fused-ring (bicyclic) bond motifs is 14. The van der Waals surface area contributed by atoms with Crippen molar-refractivity contribution in [3.05, 3.63) is 216 Å². The van der Waals surface area contributed by atoms with Gasteiger partial charge >= 0.3 is 0 Å². The molecule has 59 heavy (non-hydrogen) atoms. The molecule has 3 nitrogen and oxygen atoms in total. The molecule has 3 heterocycles. The minimum absolute atomic E-state index is 0.561. The Morgan fingerprint density at radius 3 is 1.81 bits per heavy atom. The van der Waals surface area contributed by atoms with Crippen LogP contribution < -0.4 is 4.74 Å². The Hall–Kier alpha value is -7.40. The molecule has 0 unspecified atom stereocenters. The normalized spacial score (nSPS) is 13.4. The predicted octanol–water partition coefficient (Wildman–Crippen LogP) is 14.6. The molecule has 9 aromatic carbocycles. The second kappa shape index (κ2) is 12.3. The third kappa shape index (κ3) is 4.63. The maximum Gasteiger partial charge on any atom is 0.160 e. The molecule has 1 aliphatic heterocycles. The lowest BCUT2D eigenvalue weighted by atomic mass is 9.66. The number of benzene rings is 9. The van der Waals surface area contributed by atoms with E-state index in [2.05, 4.69) is 194 Å². The second-order valence-corrected chi connectivity index (χ2v) is 16.7. The van der Waals surface area contributed by atoms with E-state index in [4.69, 9.17) is 14.7 Å². The van der Waals surface area contributed by atoms with E-state index >= 15 is 0 Å². The van der Waals surface area contributed by atoms with Crippen LogP contribution in [0.3, 0.4) is 0 Å². The van der Waals surface area contributed by atoms with Gasteiger partial charge in [-0.25, -0.2) is 9.97 Å². The number of para-hydroxylation sites is 2. The van der Waals surface area contributed by atoms with Gasteiger partial charge in [0.05, 0.1) is 21.3 Å². The summed E-state index contributed by atoms with van der Waals surface area (Å²) in [5, 5.41) is 6.07. The first kappa shape index (κ1) is 32.7. The minimum atomic E-state index is -0.561. The third-order valence-corrected chi connectivity index (χ3v) is 13.7. The van der Waals surface area contributed by atoms with Crippen LogP contribution in [0.1, 0.15) is 22.3 Å². The molecule has 1 spiro atoms. The fraction of sp³-hybridized carbons (Fsp3) is 0.0182. The van der Waals surface area contributed by atoms with Crippen LogP contribution in [0.15, 0.2) is 194 Å². The summed E-state index contributed by atoms with van der Waals surface area (Å²) in [6.07, 6.45) is 0. The zero-order valence-corrected chi connectivity index (χ0v) is 32.5. The van der Waals surface area contributed by atoms with E-state index in [-0.39, 0.29) is 0 Å². The molecule has 0 amide bonds. The summed E-state index contributed by atoms with van der Waals surface area (Å²) in [7, 11) is 0. The second-order valence-electron chi connectivity index (χ2n) is 15.6. The number of thiophene rings is 1. The van der Waals surface area contributed by atoms with Crippen LogP contribution in [-0.2, 0) is 5.41 Å². The van der Waals surface area contributed by atoms with Crippen molar-refractivity contribution in [2.24, 2.45) is 0 Å². The van der Waals surface area contributed by atoms with Gasteiger partial charge in [-0.3, -0.25) is 0 Å². The maximum atomic E-state index is 6.64. The van der Waals surface area contributed by atoms with Gasteiger partial charge in [-0.1, -0.05) is 158 Å². The molecule has 2 aliphatic rings. The average Bonchev–Trinajstić information content (AvgIpc) is 3.81. The lowest BCUT2D eigenvalue weighted by Gasteiger charge is -2.39. The van der Waals surface area contributed by atoms with Crippen molar-refractivity contribution in [3.8, 4) is 56.4 Å². The van der Waals surface area contributed by atoms with Crippen LogP contribution in [0.4, 0.5) is 0 Å². The first-order valence-electron chi connectivity index (χ1n) is 20.1. The highest BCUT2D eigenvalue weighted by Gasteiger charge is 2.51. The molecule has 0 fully saturated rings. The Morgan fingerprint density at radius 1 is 0.407 bits per heavy atom. The Kier molecular flexibility index (Phi) is 6.81. The highest BCUT2D eigenvalue weighted by atomic mass is 32.1. The van der Waals surface area contributed by atoms with E-state index in [0.29, 0.717) is 0 Å². The maximum absolute atomic E-state index is 6.64. The molecular weight excluding hydrogens is 737 g/mol. The number of hydrogen-bond donors (Lipinski definition) is 0. The molecule has 274 valence electrons. The summed E-state index contributed by atoms with van der Waals surface area (Å²) in [6, 6.07) is 70.1. The number of aromatic nitrogens is 2. The van der Waals surface area contributed by atoms with Crippen LogP contribution in [0.2, 0.25) is 0 Å². The van der Waals surface area contributed by atoms with E-state index in [1.165, 1.54) is 59.6 Å². The van der Waals surface area contributed by atoms with E-state index < -0.39 is 5.41 Å². The summed E-state index contributed by atoms with van der Waals surface area (Å²) in [5.74, 6) is 2.50. The summed E-state index contributed by atoms with van der Waals surface area (Å²) in [6.45, 7) is 0. The van der Waals surface area contributed by atoms with Crippen LogP contribution in [0, 0.1) is 0 Å². The smallest absolute Gasteiger partial charge is 0.160 e. The topological polar surface area (TPSA) is 35.0 Å². The van der Waals surface area contributed by atoms with Crippen molar-refractivity contribution in [1.82, 2.24) is 9.97 Å². The van der Waals surface area contributed by atoms with Crippen molar-refractivity contribution in [2.45, 2.75) is 5.41 Å². The van der Waals surface area contributed by atoms with Crippen LogP contribution >= 0.6 is 11.3 Å². The Bertz CT molecular complexity index is 3500. The molecule has 0 bridgehead atoms. The first-order chi connectivity index (χ1) is 29.2. The van der Waals surface area contributed by atoms with E-state index in [1.807, 2.05) is 0 Å². The van der Waals surface area contributed by atoms with Crippen LogP contribution in [0.25, 0.3) is 86.7 Å². The van der Waals surface area contributed by atoms with Gasteiger partial charge in [-0.2, -0.15) is 0 Å². The zero-order chi connectivity index (χ0) is 38.7. The molecule has 0 atom stereocenters. The van der Waals surface area contributed by atoms with Gasteiger partial charge in [0.25, 0.3) is 0 Å². The van der Waals surface area contributed by atoms with Gasteiger partial charge in [0.15, 0.2) is 5.82 Å². The summed E-state index contributed by atoms with van der Waals surface area (Å²) in [4.78, 5) is 10.8. The van der Waals surface area contributed by atoms with Crippen molar-refractivity contribution >= 4 is 53.2 Å². The molecular formula is C55H32N2OS. The van der Waals surface area contributed by atoms with Gasteiger partial charge < -0.3 is 4.74 Å². The highest BCUT2D eigenvalue weighted by molar-refractivity contribution is 7.26. The molecule has 0 N–H and O–H groups in total. The number of ether oxygens (including phenoxy) is 1. The van der Waals surface area contributed by atoms with Crippen molar-refractivity contribution in [1.29, 1.82) is 0 Å². The van der Waals surface area contributed by atoms with Gasteiger partial charge in [-0.15, -0.1) is 11.3 Å². The SMILES string of the molecule is c1ccc2c(c1)Oc1ccccc1C21c2ccc(-c3nc(-c4ccc(-c5cccc6ccccc56)cc4)nc4c3sc3ccccc34)cc2-c2cc3ccccc3cc21. The van der Waals surface area contributed by atoms with Gasteiger partial charge in [-0.05, 0) is 91.3 Å². The largest absolute Gasteiger partial charge is 0.457 e. The monoisotopic (exact) mass is 768 g/mol. The van der Waals surface area contributed by atoms with Crippen LogP contribution in [-0.4, -0.2) is 9.97 Å². The molecule has 11 aromatic rings. The fourth-order valence-electron chi connectivity index (χ4n) is 9.93. The molecule has 1 aliphatic carbocycles. The highest BCUT2D eigenvalue weighted by Crippen LogP contribution is 2.63. The summed E-state index contributed by atoms with van der Waals surface area (Å²) in [5.41, 5.74) is 13.1. The molecule has 13 rings (SSSR count). The van der Waals surface area contributed by atoms with Crippen molar-refractivity contribution < 1.29 is 4.74 Å². The lowest BCUT2D eigenvalue weighted by Crippen LogP contribution is -2.32. The Balaban J connectivity index is 1.05. The third-order valence-electron chi connectivity index (χ3n) is 12.5. The fourth-order valence-corrected chi connectivity index (χ4v) is 11.1. The predicted molar refractivity (Wildman–Crippen MR) is 244 cm³/mol. The lowest BCUT2D eigenvalue weighted by molar-refractivity contribution is 0.436. The quantitative estimate of drug-likeness (QED) is 0.180. The minimum Gasteiger partial charge on any atom is -0.457 e. The van der Waals surface area contributed by atoms with E-state index in [1.54, 1.807) is 11.3 Å². The van der Waals surface area contributed by atoms with Gasteiger partial charge in [0.2, 0.25) is 0 Å². The number of rotatable bonds is 3. The standard InChI is InChI=1S/C55H32N2OS/c1-2-14-37-32-47-43(30-36(37)13-1)42-31-38(28-29-44(42)55(47)45-19-6-8-21-48(45)58-49-22-9-7-20-46(49)55)51-53-52(41-17-5-10-23-50(41)59-53)57-54(56-51)35-26-24-34(25-27-35)40-18-11-15-33-12-3-4-16-39(33)40/h1-32H. The average molecular weight is 769 g/mol. The molecule has 4 heteroatoms. The summed E-state index contributed by atoms with van der Waals surface area (Å²) >= 11 is 1.77. The van der Waals surface area contributed by atoms with Crippen LogP contribution in [0.5, 0.6) is 11.5 Å². The number of nitrogens with zero attached hydrogens (tertiary/aromatic N) is 2. The summed E-state index contributed by atoms with van der Waals surface area (Å²) < 4.78 is 8.94. The van der Waals surface area contributed by atoms with Crippen molar-refractivity contribution in [2.75, 3.05) is 0 Å². The molecule has 0 saturated heterocycles. The zero-order valence-electron chi connectivity index (χ0n) is 31.7.